The first-order chi connectivity index (χ1) is 9.06. The van der Waals surface area contributed by atoms with Crippen LogP contribution in [0.25, 0.3) is 0 Å². The highest BCUT2D eigenvalue weighted by molar-refractivity contribution is 4.48. The van der Waals surface area contributed by atoms with Crippen LogP contribution in [-0.2, 0) is 0 Å². The fourth-order valence-electron chi connectivity index (χ4n) is 2.60. The van der Waals surface area contributed by atoms with E-state index < -0.39 is 0 Å². The van der Waals surface area contributed by atoms with Crippen molar-refractivity contribution < 1.29 is 9.19 Å². The highest BCUT2D eigenvalue weighted by Gasteiger charge is 2.04. The molecule has 0 unspecified atom stereocenters. The van der Waals surface area contributed by atoms with Gasteiger partial charge in [0.2, 0.25) is 0 Å². The lowest BCUT2D eigenvalue weighted by molar-refractivity contribution is -0.870. The van der Waals surface area contributed by atoms with Crippen molar-refractivity contribution in [1.29, 1.82) is 0 Å². The van der Waals surface area contributed by atoms with Crippen molar-refractivity contribution >= 4 is 0 Å². The summed E-state index contributed by atoms with van der Waals surface area (Å²) in [5, 5.41) is 0. The van der Waals surface area contributed by atoms with Crippen molar-refractivity contribution in [3.05, 3.63) is 0 Å². The fraction of sp³-hybridized carbons (Fsp3) is 1.00. The average molecular weight is 290 g/mol. The quantitative estimate of drug-likeness (QED) is 0.341. The molecule has 0 aromatic heterocycles. The molecule has 0 aliphatic carbocycles. The molecule has 0 spiro atoms. The largest absolute Gasteiger partial charge is 1.00 e. The van der Waals surface area contributed by atoms with Crippen molar-refractivity contribution in [2.45, 2.75) is 90.4 Å². The molecule has 2 heteroatoms. The molecule has 0 bridgehead atoms. The zero-order valence-corrected chi connectivity index (χ0v) is 14.7. The van der Waals surface area contributed by atoms with Gasteiger partial charge in [0.25, 0.3) is 0 Å². The van der Waals surface area contributed by atoms with E-state index in [4.69, 9.17) is 0 Å². The van der Waals surface area contributed by atoms with Crippen molar-refractivity contribution in [3.8, 4) is 0 Å². The van der Waals surface area contributed by atoms with Crippen molar-refractivity contribution in [2.75, 3.05) is 27.7 Å². The third-order valence-electron chi connectivity index (χ3n) is 3.93. The minimum atomic E-state index is 0. The van der Waals surface area contributed by atoms with Gasteiger partial charge in [-0.2, -0.15) is 0 Å². The number of hydrogen-bond acceptors (Lipinski definition) is 0. The van der Waals surface area contributed by atoms with E-state index in [2.05, 4.69) is 28.1 Å². The molecule has 0 radical (unpaired) electrons. The molecule has 0 saturated carbocycles. The number of hydrogen-bond donors (Lipinski definition) is 0. The van der Waals surface area contributed by atoms with E-state index in [0.29, 0.717) is 0 Å². The van der Waals surface area contributed by atoms with Gasteiger partial charge in [0, 0.05) is 0 Å². The Bertz CT molecular complexity index is 175. The number of halogens is 1. The van der Waals surface area contributed by atoms with E-state index in [0.717, 1.165) is 4.48 Å². The Balaban J connectivity index is 0. The molecule has 0 atom stereocenters. The lowest BCUT2D eigenvalue weighted by atomic mass is 10.0. The van der Waals surface area contributed by atoms with E-state index >= 15 is 0 Å². The van der Waals surface area contributed by atoms with Crippen LogP contribution in [0.4, 0.5) is 0 Å². The van der Waals surface area contributed by atoms with E-state index in [-0.39, 0.29) is 4.70 Å². The lowest BCUT2D eigenvalue weighted by Crippen LogP contribution is -3.00. The molecular weight excluding hydrogens is 249 g/mol. The summed E-state index contributed by atoms with van der Waals surface area (Å²) in [5.41, 5.74) is 0. The molecule has 0 saturated heterocycles. The molecule has 0 aromatic rings. The number of nitrogens with zero attached hydrogens (tertiary/aromatic N) is 1. The molecule has 0 N–H and O–H groups in total. The van der Waals surface area contributed by atoms with Crippen LogP contribution < -0.4 is 4.70 Å². The monoisotopic (exact) mass is 289 g/mol. The van der Waals surface area contributed by atoms with Gasteiger partial charge >= 0.3 is 0 Å². The molecule has 0 fully saturated rings. The Morgan fingerprint density at radius 3 is 1.10 bits per heavy atom. The SMILES string of the molecule is CCCCCCCCCCCCCCC[N+](C)(C)C.[F-]. The second kappa shape index (κ2) is 15.3. The van der Waals surface area contributed by atoms with Gasteiger partial charge in [0.1, 0.15) is 0 Å². The van der Waals surface area contributed by atoms with Crippen LogP contribution >= 0.6 is 0 Å². The highest BCUT2D eigenvalue weighted by atomic mass is 19.0. The molecule has 0 aliphatic rings. The van der Waals surface area contributed by atoms with Crippen LogP contribution in [0.2, 0.25) is 0 Å². The standard InChI is InChI=1S/C18H40N.FH/c1-5-6-7-8-9-10-11-12-13-14-15-16-17-18-19(2,3)4;/h5-18H2,1-4H3;1H/q+1;/p-1. The number of rotatable bonds is 14. The Labute approximate surface area is 128 Å². The smallest absolute Gasteiger partial charge is 0.0780 e. The third kappa shape index (κ3) is 20.2. The predicted octanol–water partition coefficient (Wildman–Crippen LogP) is 2.79. The second-order valence-corrected chi connectivity index (χ2v) is 7.26. The highest BCUT2D eigenvalue weighted by Crippen LogP contribution is 2.12. The van der Waals surface area contributed by atoms with Crippen molar-refractivity contribution in [3.63, 3.8) is 0 Å². The summed E-state index contributed by atoms with van der Waals surface area (Å²) in [5.74, 6) is 0. The lowest BCUT2D eigenvalue weighted by Gasteiger charge is -2.23. The first kappa shape index (κ1) is 22.2. The summed E-state index contributed by atoms with van der Waals surface area (Å²) >= 11 is 0. The van der Waals surface area contributed by atoms with Gasteiger partial charge in [-0.15, -0.1) is 0 Å². The molecule has 0 amide bonds. The normalized spacial score (nSPS) is 11.4. The maximum Gasteiger partial charge on any atom is 0.0780 e. The van der Waals surface area contributed by atoms with Gasteiger partial charge in [-0.3, -0.25) is 0 Å². The Hall–Kier alpha value is -0.110. The van der Waals surface area contributed by atoms with Gasteiger partial charge in [-0.1, -0.05) is 77.6 Å². The molecule has 124 valence electrons. The zero-order chi connectivity index (χ0) is 14.4. The fourth-order valence-corrected chi connectivity index (χ4v) is 2.60. The molecule has 0 aliphatic heterocycles. The Morgan fingerprint density at radius 2 is 0.800 bits per heavy atom. The summed E-state index contributed by atoms with van der Waals surface area (Å²) in [6, 6.07) is 0. The molecule has 0 aromatic carbocycles. The van der Waals surface area contributed by atoms with Crippen LogP contribution in [0, 0.1) is 0 Å². The maximum atomic E-state index is 2.29. The average Bonchev–Trinajstić information content (AvgIpc) is 2.34. The predicted molar refractivity (Wildman–Crippen MR) is 88.6 cm³/mol. The first-order valence-corrected chi connectivity index (χ1v) is 8.86. The third-order valence-corrected chi connectivity index (χ3v) is 3.93. The van der Waals surface area contributed by atoms with E-state index in [1.165, 1.54) is 90.0 Å². The molecule has 1 nitrogen and oxygen atoms in total. The molecule has 20 heavy (non-hydrogen) atoms. The summed E-state index contributed by atoms with van der Waals surface area (Å²) in [7, 11) is 6.88. The molecule has 0 heterocycles. The van der Waals surface area contributed by atoms with Gasteiger partial charge in [-0.05, 0) is 12.8 Å². The molecule has 0 rings (SSSR count). The number of quaternary nitrogens is 1. The van der Waals surface area contributed by atoms with E-state index in [1.54, 1.807) is 0 Å². The Kier molecular flexibility index (Phi) is 16.9. The van der Waals surface area contributed by atoms with Gasteiger partial charge in [0.15, 0.2) is 0 Å². The van der Waals surface area contributed by atoms with Crippen LogP contribution in [0.3, 0.4) is 0 Å². The summed E-state index contributed by atoms with van der Waals surface area (Å²) in [4.78, 5) is 0. The zero-order valence-electron chi connectivity index (χ0n) is 14.7. The van der Waals surface area contributed by atoms with Gasteiger partial charge < -0.3 is 9.19 Å². The van der Waals surface area contributed by atoms with Crippen LogP contribution in [0.15, 0.2) is 0 Å². The summed E-state index contributed by atoms with van der Waals surface area (Å²) in [6.45, 7) is 3.62. The van der Waals surface area contributed by atoms with E-state index in [9.17, 15) is 0 Å². The van der Waals surface area contributed by atoms with Crippen molar-refractivity contribution in [1.82, 2.24) is 0 Å². The minimum absolute atomic E-state index is 0. The first-order valence-electron chi connectivity index (χ1n) is 8.86. The van der Waals surface area contributed by atoms with Crippen LogP contribution in [0.5, 0.6) is 0 Å². The summed E-state index contributed by atoms with van der Waals surface area (Å²) < 4.78 is 1.12. The van der Waals surface area contributed by atoms with E-state index in [1.807, 2.05) is 0 Å². The van der Waals surface area contributed by atoms with Crippen LogP contribution in [0.1, 0.15) is 90.4 Å². The minimum Gasteiger partial charge on any atom is -1.00 e. The second-order valence-electron chi connectivity index (χ2n) is 7.26. The number of unbranched alkanes of at least 4 members (excludes halogenated alkanes) is 12. The van der Waals surface area contributed by atoms with Gasteiger partial charge in [-0.25, -0.2) is 0 Å². The summed E-state index contributed by atoms with van der Waals surface area (Å²) in [6.07, 6.45) is 18.9. The maximum absolute atomic E-state index is 2.29. The van der Waals surface area contributed by atoms with Crippen molar-refractivity contribution in [2.24, 2.45) is 0 Å². The topological polar surface area (TPSA) is 0 Å². The molecular formula is C18H40FN. The van der Waals surface area contributed by atoms with Crippen LogP contribution in [-0.4, -0.2) is 32.2 Å². The Morgan fingerprint density at radius 1 is 0.500 bits per heavy atom. The van der Waals surface area contributed by atoms with Gasteiger partial charge in [0.05, 0.1) is 27.7 Å².